The van der Waals surface area contributed by atoms with Gasteiger partial charge in [-0.15, -0.1) is 0 Å². The van der Waals surface area contributed by atoms with Crippen LogP contribution in [-0.2, 0) is 13.2 Å². The number of rotatable bonds is 3. The van der Waals surface area contributed by atoms with Gasteiger partial charge in [0, 0.05) is 12.1 Å². The van der Waals surface area contributed by atoms with Crippen LogP contribution >= 0.6 is 11.6 Å². The van der Waals surface area contributed by atoms with Crippen molar-refractivity contribution in [1.82, 2.24) is 9.78 Å². The Morgan fingerprint density at radius 3 is 2.65 bits per heavy atom. The quantitative estimate of drug-likeness (QED) is 0.812. The van der Waals surface area contributed by atoms with Gasteiger partial charge < -0.3 is 4.74 Å². The van der Waals surface area contributed by atoms with Gasteiger partial charge >= 0.3 is 6.18 Å². The Hall–Kier alpha value is -2.02. The van der Waals surface area contributed by atoms with Crippen LogP contribution in [-0.4, -0.2) is 16.1 Å². The number of aldehydes is 1. The van der Waals surface area contributed by atoms with Crippen molar-refractivity contribution < 1.29 is 22.7 Å². The van der Waals surface area contributed by atoms with Gasteiger partial charge in [-0.3, -0.25) is 4.79 Å². The topological polar surface area (TPSA) is 44.1 Å². The molecule has 0 aliphatic rings. The minimum absolute atomic E-state index is 0.0652. The number of nitrogens with zero attached hydrogens (tertiary/aromatic N) is 2. The Morgan fingerprint density at radius 2 is 2.10 bits per heavy atom. The van der Waals surface area contributed by atoms with Crippen LogP contribution in [0.3, 0.4) is 0 Å². The minimum Gasteiger partial charge on any atom is -0.438 e. The summed E-state index contributed by atoms with van der Waals surface area (Å²) >= 11 is 5.75. The van der Waals surface area contributed by atoms with Gasteiger partial charge in [0.1, 0.15) is 11.3 Å². The van der Waals surface area contributed by atoms with Gasteiger partial charge in [0.15, 0.2) is 12.0 Å². The average molecular weight is 305 g/mol. The highest BCUT2D eigenvalue weighted by Gasteiger charge is 2.39. The zero-order chi connectivity index (χ0) is 14.9. The van der Waals surface area contributed by atoms with Crippen LogP contribution in [0.4, 0.5) is 13.2 Å². The summed E-state index contributed by atoms with van der Waals surface area (Å²) in [5.41, 5.74) is -1.94. The summed E-state index contributed by atoms with van der Waals surface area (Å²) in [7, 11) is 1.25. The number of hydrogen-bond donors (Lipinski definition) is 0. The van der Waals surface area contributed by atoms with E-state index in [0.29, 0.717) is 5.02 Å². The van der Waals surface area contributed by atoms with E-state index in [9.17, 15) is 18.0 Å². The first-order chi connectivity index (χ1) is 9.32. The smallest absolute Gasteiger partial charge is 0.436 e. The number of alkyl halides is 3. The molecular weight excluding hydrogens is 297 g/mol. The first-order valence-electron chi connectivity index (χ1n) is 5.35. The van der Waals surface area contributed by atoms with E-state index in [1.807, 2.05) is 0 Å². The van der Waals surface area contributed by atoms with Crippen LogP contribution in [0.1, 0.15) is 16.1 Å². The maximum Gasteiger partial charge on any atom is 0.436 e. The largest absolute Gasteiger partial charge is 0.438 e. The molecule has 0 spiro atoms. The lowest BCUT2D eigenvalue weighted by Gasteiger charge is -2.06. The highest BCUT2D eigenvalue weighted by molar-refractivity contribution is 6.30. The zero-order valence-corrected chi connectivity index (χ0v) is 10.9. The SMILES string of the molecule is Cn1nc(C(F)(F)F)c(C=O)c1Oc1cccc(Cl)c1. The highest BCUT2D eigenvalue weighted by atomic mass is 35.5. The van der Waals surface area contributed by atoms with Crippen molar-refractivity contribution >= 4 is 17.9 Å². The standard InChI is InChI=1S/C12H8ClF3N2O2/c1-18-11(20-8-4-2-3-7(13)5-8)9(6-19)10(17-18)12(14,15)16/h2-6H,1H3. The fourth-order valence-corrected chi connectivity index (χ4v) is 1.78. The lowest BCUT2D eigenvalue weighted by molar-refractivity contribution is -0.141. The summed E-state index contributed by atoms with van der Waals surface area (Å²) in [6.45, 7) is 0. The number of carbonyl (C=O) groups is 1. The van der Waals surface area contributed by atoms with E-state index in [4.69, 9.17) is 16.3 Å². The molecule has 0 saturated heterocycles. The van der Waals surface area contributed by atoms with Crippen molar-refractivity contribution in [2.45, 2.75) is 6.18 Å². The molecule has 4 nitrogen and oxygen atoms in total. The second-order valence-electron chi connectivity index (χ2n) is 3.87. The number of aromatic nitrogens is 2. The van der Waals surface area contributed by atoms with Gasteiger partial charge in [-0.05, 0) is 18.2 Å². The molecule has 0 N–H and O–H groups in total. The molecule has 1 aromatic carbocycles. The maximum atomic E-state index is 12.7. The molecule has 0 fully saturated rings. The number of aryl methyl sites for hydroxylation is 1. The predicted octanol–water partition coefficient (Wildman–Crippen LogP) is 3.70. The lowest BCUT2D eigenvalue weighted by atomic mass is 10.2. The van der Waals surface area contributed by atoms with Gasteiger partial charge in [0.25, 0.3) is 0 Å². The average Bonchev–Trinajstić information content (AvgIpc) is 2.66. The normalized spacial score (nSPS) is 11.4. The third-order valence-corrected chi connectivity index (χ3v) is 2.66. The fourth-order valence-electron chi connectivity index (χ4n) is 1.60. The molecule has 20 heavy (non-hydrogen) atoms. The number of hydrogen-bond acceptors (Lipinski definition) is 3. The fraction of sp³-hybridized carbons (Fsp3) is 0.167. The van der Waals surface area contributed by atoms with Crippen LogP contribution < -0.4 is 4.74 Å². The van der Waals surface area contributed by atoms with Crippen molar-refractivity contribution in [1.29, 1.82) is 0 Å². The van der Waals surface area contributed by atoms with Crippen LogP contribution in [0.15, 0.2) is 24.3 Å². The summed E-state index contributed by atoms with van der Waals surface area (Å²) in [4.78, 5) is 10.9. The van der Waals surface area contributed by atoms with Gasteiger partial charge in [0.05, 0.1) is 0 Å². The Morgan fingerprint density at radius 1 is 1.40 bits per heavy atom. The molecule has 0 aliphatic carbocycles. The zero-order valence-electron chi connectivity index (χ0n) is 10.1. The summed E-state index contributed by atoms with van der Waals surface area (Å²) in [5, 5.41) is 3.63. The molecule has 106 valence electrons. The molecule has 0 radical (unpaired) electrons. The molecule has 0 aliphatic heterocycles. The van der Waals surface area contributed by atoms with Crippen molar-refractivity contribution in [2.75, 3.05) is 0 Å². The predicted molar refractivity (Wildman–Crippen MR) is 65.1 cm³/mol. The Bertz CT molecular complexity index is 653. The Balaban J connectivity index is 2.47. The monoisotopic (exact) mass is 304 g/mol. The third kappa shape index (κ3) is 2.77. The number of halogens is 4. The molecule has 0 unspecified atom stereocenters. The van der Waals surface area contributed by atoms with E-state index in [2.05, 4.69) is 5.10 Å². The summed E-state index contributed by atoms with van der Waals surface area (Å²) in [5.74, 6) is -0.0908. The van der Waals surface area contributed by atoms with Gasteiger partial charge in [-0.1, -0.05) is 17.7 Å². The van der Waals surface area contributed by atoms with E-state index < -0.39 is 17.4 Å². The van der Waals surface area contributed by atoms with Crippen molar-refractivity contribution in [2.24, 2.45) is 7.05 Å². The van der Waals surface area contributed by atoms with E-state index in [-0.39, 0.29) is 17.9 Å². The maximum absolute atomic E-state index is 12.7. The number of benzene rings is 1. The first-order valence-corrected chi connectivity index (χ1v) is 5.73. The molecule has 0 atom stereocenters. The number of ether oxygens (including phenoxy) is 1. The molecule has 0 bridgehead atoms. The first kappa shape index (κ1) is 14.4. The van der Waals surface area contributed by atoms with E-state index >= 15 is 0 Å². The molecule has 2 aromatic rings. The van der Waals surface area contributed by atoms with Crippen molar-refractivity contribution in [3.05, 3.63) is 40.5 Å². The van der Waals surface area contributed by atoms with Crippen LogP contribution in [0.2, 0.25) is 5.02 Å². The summed E-state index contributed by atoms with van der Waals surface area (Å²) in [6, 6.07) is 6.07. The summed E-state index contributed by atoms with van der Waals surface area (Å²) in [6.07, 6.45) is -4.67. The molecule has 0 amide bonds. The van der Waals surface area contributed by atoms with Gasteiger partial charge in [-0.25, -0.2) is 4.68 Å². The van der Waals surface area contributed by atoms with Gasteiger partial charge in [0.2, 0.25) is 5.88 Å². The van der Waals surface area contributed by atoms with E-state index in [1.165, 1.54) is 19.2 Å². The minimum atomic E-state index is -4.73. The van der Waals surface area contributed by atoms with Crippen LogP contribution in [0, 0.1) is 0 Å². The second-order valence-corrected chi connectivity index (χ2v) is 4.30. The second kappa shape index (κ2) is 5.16. The summed E-state index contributed by atoms with van der Waals surface area (Å²) < 4.78 is 44.3. The van der Waals surface area contributed by atoms with Gasteiger partial charge in [-0.2, -0.15) is 18.3 Å². The molecule has 1 aromatic heterocycles. The lowest BCUT2D eigenvalue weighted by Crippen LogP contribution is -2.09. The number of carbonyl (C=O) groups excluding carboxylic acids is 1. The Labute approximate surface area is 116 Å². The van der Waals surface area contributed by atoms with Crippen LogP contribution in [0.25, 0.3) is 0 Å². The molecule has 8 heteroatoms. The molecule has 1 heterocycles. The van der Waals surface area contributed by atoms with E-state index in [0.717, 1.165) is 4.68 Å². The third-order valence-electron chi connectivity index (χ3n) is 2.43. The molecule has 0 saturated carbocycles. The Kier molecular flexibility index (Phi) is 3.71. The highest BCUT2D eigenvalue weighted by Crippen LogP contribution is 2.36. The van der Waals surface area contributed by atoms with E-state index in [1.54, 1.807) is 12.1 Å². The van der Waals surface area contributed by atoms with Crippen molar-refractivity contribution in [3.8, 4) is 11.6 Å². The molecular formula is C12H8ClF3N2O2. The van der Waals surface area contributed by atoms with Crippen molar-refractivity contribution in [3.63, 3.8) is 0 Å². The van der Waals surface area contributed by atoms with Crippen LogP contribution in [0.5, 0.6) is 11.6 Å². The molecule has 2 rings (SSSR count).